The molecule has 1 atom stereocenters. The number of anilines is 1. The number of nitrogens with zero attached hydrogens (tertiary/aromatic N) is 4. The van der Waals surface area contributed by atoms with E-state index in [9.17, 15) is 10.2 Å². The summed E-state index contributed by atoms with van der Waals surface area (Å²) >= 11 is 0. The van der Waals surface area contributed by atoms with E-state index in [1.54, 1.807) is 17.7 Å². The predicted octanol–water partition coefficient (Wildman–Crippen LogP) is 1.39. The Labute approximate surface area is 155 Å². The van der Waals surface area contributed by atoms with Crippen LogP contribution in [-0.2, 0) is 7.05 Å². The summed E-state index contributed by atoms with van der Waals surface area (Å²) in [4.78, 5) is 12.8. The van der Waals surface area contributed by atoms with Crippen molar-refractivity contribution in [3.63, 3.8) is 0 Å². The quantitative estimate of drug-likeness (QED) is 0.640. The van der Waals surface area contributed by atoms with E-state index in [2.05, 4.69) is 20.3 Å². The molecule has 4 rings (SSSR count). The number of rotatable bonds is 5. The number of aromatic hydroxyl groups is 1. The van der Waals surface area contributed by atoms with Gasteiger partial charge in [0, 0.05) is 13.6 Å². The normalized spacial score (nSPS) is 14.1. The van der Waals surface area contributed by atoms with Crippen molar-refractivity contribution in [1.29, 1.82) is 0 Å². The maximum Gasteiger partial charge on any atom is 0.220 e. The van der Waals surface area contributed by atoms with E-state index >= 15 is 0 Å². The van der Waals surface area contributed by atoms with Crippen LogP contribution in [0.3, 0.4) is 0 Å². The molecule has 0 aliphatic carbocycles. The number of imidazole rings is 1. The molecule has 7 heteroatoms. The van der Waals surface area contributed by atoms with E-state index < -0.39 is 6.10 Å². The van der Waals surface area contributed by atoms with Gasteiger partial charge in [0.25, 0.3) is 0 Å². The fraction of sp³-hybridized carbons (Fsp3) is 0.150. The van der Waals surface area contributed by atoms with Gasteiger partial charge in [0.2, 0.25) is 11.8 Å². The largest absolute Gasteiger partial charge is 0.493 e. The van der Waals surface area contributed by atoms with Crippen molar-refractivity contribution in [2.75, 3.05) is 11.9 Å². The van der Waals surface area contributed by atoms with E-state index in [1.165, 1.54) is 6.34 Å². The van der Waals surface area contributed by atoms with Crippen LogP contribution in [0.25, 0.3) is 6.08 Å². The third kappa shape index (κ3) is 3.45. The summed E-state index contributed by atoms with van der Waals surface area (Å²) in [6.45, 7) is 0.281. The number of hydrogen-bond acceptors (Lipinski definition) is 6. The number of aliphatic hydroxyl groups is 1. The molecule has 1 unspecified atom stereocenters. The third-order valence-corrected chi connectivity index (χ3v) is 4.43. The first-order valence-electron chi connectivity index (χ1n) is 8.56. The van der Waals surface area contributed by atoms with Crippen molar-refractivity contribution in [2.24, 2.45) is 17.0 Å². The van der Waals surface area contributed by atoms with Gasteiger partial charge in [0.15, 0.2) is 0 Å². The minimum atomic E-state index is -0.671. The molecule has 0 fully saturated rings. The Morgan fingerprint density at radius 1 is 1.19 bits per heavy atom. The Bertz CT molecular complexity index is 1120. The Morgan fingerprint density at radius 3 is 2.81 bits per heavy atom. The van der Waals surface area contributed by atoms with Gasteiger partial charge < -0.3 is 15.5 Å². The Balaban J connectivity index is 1.56. The molecule has 1 aliphatic rings. The zero-order valence-electron chi connectivity index (χ0n) is 14.7. The number of fused-ring (bicyclic) bond motifs is 1. The second-order valence-electron chi connectivity index (χ2n) is 6.28. The lowest BCUT2D eigenvalue weighted by molar-refractivity contribution is 0.191. The monoisotopic (exact) mass is 361 g/mol. The molecule has 3 aromatic rings. The lowest BCUT2D eigenvalue weighted by atomic mass is 10.1. The van der Waals surface area contributed by atoms with Gasteiger partial charge in [-0.3, -0.25) is 4.57 Å². The first kappa shape index (κ1) is 17.0. The van der Waals surface area contributed by atoms with Gasteiger partial charge in [-0.1, -0.05) is 36.4 Å². The maximum absolute atomic E-state index is 10.4. The fourth-order valence-electron chi connectivity index (χ4n) is 2.90. The minimum Gasteiger partial charge on any atom is -0.493 e. The summed E-state index contributed by atoms with van der Waals surface area (Å²) in [6, 6.07) is 15.1. The van der Waals surface area contributed by atoms with Crippen LogP contribution in [0, 0.1) is 0 Å². The molecule has 2 aromatic carbocycles. The van der Waals surface area contributed by atoms with E-state index in [0.717, 1.165) is 21.8 Å². The number of aliphatic imine (C=N–C) groups is 1. The SMILES string of the molecule is Cn1c(NCC(O)c2ccccc2)nc(C=c2ccc3c(c2)N=CN=3)c1O. The van der Waals surface area contributed by atoms with Crippen LogP contribution in [0.15, 0.2) is 58.5 Å². The molecule has 0 radical (unpaired) electrons. The molecule has 0 saturated carbocycles. The van der Waals surface area contributed by atoms with E-state index in [-0.39, 0.29) is 12.4 Å². The van der Waals surface area contributed by atoms with Crippen molar-refractivity contribution < 1.29 is 10.2 Å². The molecule has 136 valence electrons. The molecule has 1 aliphatic heterocycles. The molecule has 2 heterocycles. The molecule has 27 heavy (non-hydrogen) atoms. The van der Waals surface area contributed by atoms with E-state index in [4.69, 9.17) is 0 Å². The molecule has 0 amide bonds. The van der Waals surface area contributed by atoms with E-state index in [0.29, 0.717) is 11.6 Å². The average molecular weight is 361 g/mol. The Morgan fingerprint density at radius 2 is 2.00 bits per heavy atom. The molecule has 3 N–H and O–H groups in total. The van der Waals surface area contributed by atoms with Gasteiger partial charge in [-0.15, -0.1) is 0 Å². The maximum atomic E-state index is 10.4. The molecular formula is C20H19N5O2. The molecular weight excluding hydrogens is 342 g/mol. The Hall–Kier alpha value is -3.45. The number of aromatic nitrogens is 2. The highest BCUT2D eigenvalue weighted by molar-refractivity contribution is 5.67. The second-order valence-corrected chi connectivity index (χ2v) is 6.28. The average Bonchev–Trinajstić information content (AvgIpc) is 3.26. The third-order valence-electron chi connectivity index (χ3n) is 4.43. The number of hydrogen-bond donors (Lipinski definition) is 3. The molecule has 1 aromatic heterocycles. The molecule has 0 saturated heterocycles. The summed E-state index contributed by atoms with van der Waals surface area (Å²) in [6.07, 6.45) is 2.63. The second kappa shape index (κ2) is 7.05. The fourth-order valence-corrected chi connectivity index (χ4v) is 2.90. The summed E-state index contributed by atoms with van der Waals surface area (Å²) in [5.74, 6) is 0.517. The zero-order chi connectivity index (χ0) is 18.8. The first-order chi connectivity index (χ1) is 13.1. The van der Waals surface area contributed by atoms with Crippen molar-refractivity contribution in [3.05, 3.63) is 70.4 Å². The smallest absolute Gasteiger partial charge is 0.220 e. The van der Waals surface area contributed by atoms with Crippen LogP contribution in [-0.4, -0.2) is 32.6 Å². The minimum absolute atomic E-state index is 0.0420. The lowest BCUT2D eigenvalue weighted by Crippen LogP contribution is -2.14. The molecule has 0 spiro atoms. The van der Waals surface area contributed by atoms with Gasteiger partial charge in [0.1, 0.15) is 12.0 Å². The van der Waals surface area contributed by atoms with Gasteiger partial charge in [-0.2, -0.15) is 0 Å². The highest BCUT2D eigenvalue weighted by atomic mass is 16.3. The van der Waals surface area contributed by atoms with Crippen molar-refractivity contribution in [3.8, 4) is 5.88 Å². The summed E-state index contributed by atoms with van der Waals surface area (Å²) in [5.41, 5.74) is 2.05. The van der Waals surface area contributed by atoms with Crippen LogP contribution in [0.2, 0.25) is 0 Å². The number of benzene rings is 2. The summed E-state index contributed by atoms with van der Waals surface area (Å²) < 4.78 is 1.55. The van der Waals surface area contributed by atoms with Crippen LogP contribution in [0.4, 0.5) is 11.6 Å². The van der Waals surface area contributed by atoms with Crippen LogP contribution >= 0.6 is 0 Å². The highest BCUT2D eigenvalue weighted by Crippen LogP contribution is 2.22. The summed E-state index contributed by atoms with van der Waals surface area (Å²) in [7, 11) is 1.71. The molecule has 7 nitrogen and oxygen atoms in total. The topological polar surface area (TPSA) is 95.0 Å². The van der Waals surface area contributed by atoms with Crippen molar-refractivity contribution in [1.82, 2.24) is 9.55 Å². The van der Waals surface area contributed by atoms with Crippen molar-refractivity contribution >= 4 is 24.1 Å². The van der Waals surface area contributed by atoms with Gasteiger partial charge >= 0.3 is 0 Å². The van der Waals surface area contributed by atoms with E-state index in [1.807, 2.05) is 48.5 Å². The van der Waals surface area contributed by atoms with Crippen LogP contribution in [0.1, 0.15) is 17.4 Å². The van der Waals surface area contributed by atoms with Crippen LogP contribution < -0.4 is 15.9 Å². The van der Waals surface area contributed by atoms with Gasteiger partial charge in [-0.25, -0.2) is 15.0 Å². The number of nitrogens with one attached hydrogen (secondary N) is 1. The zero-order valence-corrected chi connectivity index (χ0v) is 14.7. The predicted molar refractivity (Wildman–Crippen MR) is 104 cm³/mol. The Kier molecular flexibility index (Phi) is 4.43. The standard InChI is InChI=1S/C20H19N5O2/c1-25-19(27)17(10-13-7-8-15-16(9-13)23-12-22-15)24-20(25)21-11-18(26)14-5-3-2-4-6-14/h2-10,12,18,26-27H,11H2,1H3,(H,21,24). The highest BCUT2D eigenvalue weighted by Gasteiger charge is 2.14. The van der Waals surface area contributed by atoms with Crippen LogP contribution in [0.5, 0.6) is 5.88 Å². The number of aliphatic hydroxyl groups excluding tert-OH is 1. The van der Waals surface area contributed by atoms with Gasteiger partial charge in [-0.05, 0) is 29.0 Å². The van der Waals surface area contributed by atoms with Gasteiger partial charge in [0.05, 0.1) is 17.1 Å². The lowest BCUT2D eigenvalue weighted by Gasteiger charge is -2.12. The first-order valence-corrected chi connectivity index (χ1v) is 8.56. The summed E-state index contributed by atoms with van der Waals surface area (Å²) in [5, 5.41) is 25.4. The van der Waals surface area contributed by atoms with Crippen molar-refractivity contribution in [2.45, 2.75) is 6.10 Å². The molecule has 0 bridgehead atoms.